The van der Waals surface area contributed by atoms with E-state index < -0.39 is 40.5 Å². The second-order valence-electron chi connectivity index (χ2n) is 7.41. The Bertz CT molecular complexity index is 544. The van der Waals surface area contributed by atoms with E-state index in [-0.39, 0.29) is 18.1 Å². The summed E-state index contributed by atoms with van der Waals surface area (Å²) < 4.78 is 78.1. The number of nitrogens with two attached hydrogens (primary N) is 2. The Labute approximate surface area is 137 Å². The molecule has 24 heavy (non-hydrogen) atoms. The van der Waals surface area contributed by atoms with Gasteiger partial charge in [0.05, 0.1) is 11.1 Å². The van der Waals surface area contributed by atoms with Crippen LogP contribution in [0.5, 0.6) is 0 Å². The zero-order valence-corrected chi connectivity index (χ0v) is 13.9. The van der Waals surface area contributed by atoms with Crippen molar-refractivity contribution in [3.8, 4) is 0 Å². The van der Waals surface area contributed by atoms with Crippen molar-refractivity contribution in [2.75, 3.05) is 0 Å². The van der Waals surface area contributed by atoms with Crippen molar-refractivity contribution in [3.05, 3.63) is 34.9 Å². The van der Waals surface area contributed by atoms with Gasteiger partial charge >= 0.3 is 12.4 Å². The Hall–Kier alpha value is -1.28. The van der Waals surface area contributed by atoms with Gasteiger partial charge in [0.2, 0.25) is 0 Å². The summed E-state index contributed by atoms with van der Waals surface area (Å²) in [5.74, 6) is -0.777. The molecule has 4 N–H and O–H groups in total. The maximum atomic E-state index is 13.0. The van der Waals surface area contributed by atoms with Crippen LogP contribution >= 0.6 is 0 Å². The van der Waals surface area contributed by atoms with Gasteiger partial charge in [0.15, 0.2) is 0 Å². The fourth-order valence-corrected chi connectivity index (χ4v) is 2.52. The van der Waals surface area contributed by atoms with Crippen LogP contribution in [0.4, 0.5) is 26.3 Å². The average Bonchev–Trinajstić information content (AvgIpc) is 2.31. The van der Waals surface area contributed by atoms with Crippen molar-refractivity contribution < 1.29 is 26.3 Å². The van der Waals surface area contributed by atoms with E-state index in [9.17, 15) is 26.3 Å². The predicted molar refractivity (Wildman–Crippen MR) is 80.3 cm³/mol. The van der Waals surface area contributed by atoms with Gasteiger partial charge in [0.1, 0.15) is 0 Å². The topological polar surface area (TPSA) is 52.0 Å². The molecule has 1 aromatic carbocycles. The lowest BCUT2D eigenvalue weighted by molar-refractivity contribution is -0.143. The Morgan fingerprint density at radius 2 is 1.17 bits per heavy atom. The van der Waals surface area contributed by atoms with Gasteiger partial charge in [-0.2, -0.15) is 26.3 Å². The molecule has 1 atom stereocenters. The molecule has 1 aromatic rings. The Balaban J connectivity index is 3.58. The number of hydrogen-bond acceptors (Lipinski definition) is 2. The van der Waals surface area contributed by atoms with E-state index in [2.05, 4.69) is 0 Å². The van der Waals surface area contributed by atoms with Crippen molar-refractivity contribution in [1.82, 2.24) is 0 Å². The van der Waals surface area contributed by atoms with E-state index in [0.29, 0.717) is 0 Å². The number of benzene rings is 1. The molecule has 138 valence electrons. The zero-order valence-electron chi connectivity index (χ0n) is 13.9. The third kappa shape index (κ3) is 5.66. The molecule has 0 heterocycles. The van der Waals surface area contributed by atoms with Gasteiger partial charge in [-0.25, -0.2) is 0 Å². The molecule has 2 nitrogen and oxygen atoms in total. The SMILES string of the molecule is CC(C)(N)CC(c1cc(C(F)(F)F)cc(C(F)(F)F)c1)C(C)(C)N. The summed E-state index contributed by atoms with van der Waals surface area (Å²) in [6, 6.07) is 1.55. The second-order valence-corrected chi connectivity index (χ2v) is 7.41. The first-order chi connectivity index (χ1) is 10.4. The van der Waals surface area contributed by atoms with Gasteiger partial charge in [-0.1, -0.05) is 0 Å². The summed E-state index contributed by atoms with van der Waals surface area (Å²) in [5, 5.41) is 0. The van der Waals surface area contributed by atoms with Gasteiger partial charge < -0.3 is 11.5 Å². The van der Waals surface area contributed by atoms with Crippen molar-refractivity contribution >= 4 is 0 Å². The van der Waals surface area contributed by atoms with Crippen LogP contribution in [0.3, 0.4) is 0 Å². The summed E-state index contributed by atoms with van der Waals surface area (Å²) in [4.78, 5) is 0. The lowest BCUT2D eigenvalue weighted by Gasteiger charge is -2.36. The first-order valence-corrected chi connectivity index (χ1v) is 7.28. The zero-order chi connectivity index (χ0) is 19.1. The molecule has 8 heteroatoms. The molecule has 1 rings (SSSR count). The fourth-order valence-electron chi connectivity index (χ4n) is 2.52. The first-order valence-electron chi connectivity index (χ1n) is 7.28. The summed E-state index contributed by atoms with van der Waals surface area (Å²) in [6.45, 7) is 6.39. The smallest absolute Gasteiger partial charge is 0.326 e. The summed E-state index contributed by atoms with van der Waals surface area (Å²) in [5.41, 5.74) is 7.25. The monoisotopic (exact) mass is 356 g/mol. The van der Waals surface area contributed by atoms with Crippen molar-refractivity contribution in [3.63, 3.8) is 0 Å². The van der Waals surface area contributed by atoms with E-state index in [1.165, 1.54) is 0 Å². The normalized spacial score (nSPS) is 15.5. The summed E-state index contributed by atoms with van der Waals surface area (Å²) in [7, 11) is 0. The highest BCUT2D eigenvalue weighted by Crippen LogP contribution is 2.41. The maximum Gasteiger partial charge on any atom is 0.416 e. The highest BCUT2D eigenvalue weighted by molar-refractivity contribution is 5.37. The molecule has 0 saturated carbocycles. The highest BCUT2D eigenvalue weighted by atomic mass is 19.4. The average molecular weight is 356 g/mol. The lowest BCUT2D eigenvalue weighted by Crippen LogP contribution is -2.45. The number of rotatable bonds is 4. The van der Waals surface area contributed by atoms with Crippen LogP contribution in [0.2, 0.25) is 0 Å². The van der Waals surface area contributed by atoms with Crippen molar-refractivity contribution in [2.45, 2.75) is 63.5 Å². The van der Waals surface area contributed by atoms with Crippen LogP contribution < -0.4 is 11.5 Å². The lowest BCUT2D eigenvalue weighted by atomic mass is 9.75. The van der Waals surface area contributed by atoms with Crippen LogP contribution in [0.15, 0.2) is 18.2 Å². The quantitative estimate of drug-likeness (QED) is 0.770. The van der Waals surface area contributed by atoms with Crippen LogP contribution in [0.25, 0.3) is 0 Å². The molecule has 0 bridgehead atoms. The number of halogens is 6. The third-order valence-corrected chi connectivity index (χ3v) is 3.64. The van der Waals surface area contributed by atoms with Crippen molar-refractivity contribution in [1.29, 1.82) is 0 Å². The maximum absolute atomic E-state index is 13.0. The van der Waals surface area contributed by atoms with Crippen LogP contribution in [-0.2, 0) is 12.4 Å². The molecule has 0 aliphatic carbocycles. The number of alkyl halides is 6. The van der Waals surface area contributed by atoms with Gasteiger partial charge in [0.25, 0.3) is 0 Å². The molecule has 0 amide bonds. The fraction of sp³-hybridized carbons (Fsp3) is 0.625. The third-order valence-electron chi connectivity index (χ3n) is 3.64. The molecule has 0 aromatic heterocycles. The summed E-state index contributed by atoms with van der Waals surface area (Å²) in [6.07, 6.45) is -9.65. The molecule has 0 aliphatic rings. The molecule has 1 unspecified atom stereocenters. The van der Waals surface area contributed by atoms with Gasteiger partial charge in [-0.15, -0.1) is 0 Å². The van der Waals surface area contributed by atoms with E-state index in [1.54, 1.807) is 27.7 Å². The van der Waals surface area contributed by atoms with Crippen LogP contribution in [0.1, 0.15) is 56.7 Å². The molecular weight excluding hydrogens is 334 g/mol. The van der Waals surface area contributed by atoms with E-state index in [1.807, 2.05) is 0 Å². The molecule has 0 spiro atoms. The van der Waals surface area contributed by atoms with E-state index >= 15 is 0 Å². The minimum absolute atomic E-state index is 0.109. The summed E-state index contributed by atoms with van der Waals surface area (Å²) >= 11 is 0. The van der Waals surface area contributed by atoms with Gasteiger partial charge in [-0.3, -0.25) is 0 Å². The Morgan fingerprint density at radius 1 is 0.792 bits per heavy atom. The van der Waals surface area contributed by atoms with Crippen molar-refractivity contribution in [2.24, 2.45) is 11.5 Å². The van der Waals surface area contributed by atoms with Gasteiger partial charge in [0, 0.05) is 17.0 Å². The molecular formula is C16H22F6N2. The second kappa shape index (κ2) is 6.22. The standard InChI is InChI=1S/C16H22F6N2/c1-13(2,23)8-12(14(3,4)24)9-5-10(15(17,18)19)7-11(6-9)16(20,21)22/h5-7,12H,8,23-24H2,1-4H3. The number of hydrogen-bond donors (Lipinski definition) is 2. The minimum Gasteiger partial charge on any atom is -0.326 e. The highest BCUT2D eigenvalue weighted by Gasteiger charge is 2.39. The molecule has 0 fully saturated rings. The van der Waals surface area contributed by atoms with Gasteiger partial charge in [-0.05, 0) is 57.9 Å². The predicted octanol–water partition coefficient (Wildman–Crippen LogP) is 4.67. The molecule has 0 radical (unpaired) electrons. The largest absolute Gasteiger partial charge is 0.416 e. The van der Waals surface area contributed by atoms with E-state index in [4.69, 9.17) is 11.5 Å². The Morgan fingerprint density at radius 3 is 1.42 bits per heavy atom. The molecule has 0 aliphatic heterocycles. The Kier molecular flexibility index (Phi) is 5.38. The first kappa shape index (κ1) is 20.8. The van der Waals surface area contributed by atoms with Crippen LogP contribution in [-0.4, -0.2) is 11.1 Å². The minimum atomic E-state index is -4.89. The van der Waals surface area contributed by atoms with E-state index in [0.717, 1.165) is 12.1 Å². The van der Waals surface area contributed by atoms with Crippen LogP contribution in [0, 0.1) is 0 Å². The molecule has 0 saturated heterocycles.